The van der Waals surface area contributed by atoms with Crippen LogP contribution in [0.2, 0.25) is 5.02 Å². The zero-order valence-electron chi connectivity index (χ0n) is 16.5. The molecule has 4 rings (SSSR count). The fraction of sp³-hybridized carbons (Fsp3) is 0.348. The van der Waals surface area contributed by atoms with Crippen LogP contribution in [0.5, 0.6) is 0 Å². The molecule has 1 heterocycles. The average Bonchev–Trinajstić information content (AvgIpc) is 2.98. The Hall–Kier alpha value is -2.66. The van der Waals surface area contributed by atoms with Gasteiger partial charge >= 0.3 is 0 Å². The molecule has 1 aliphatic heterocycles. The molecule has 0 bridgehead atoms. The van der Waals surface area contributed by atoms with Crippen molar-refractivity contribution in [3.05, 3.63) is 64.7 Å². The molecule has 0 aromatic heterocycles. The smallest absolute Gasteiger partial charge is 0.275 e. The molecule has 1 spiro atoms. The summed E-state index contributed by atoms with van der Waals surface area (Å²) in [4.78, 5) is 32.7. The molecule has 2 aromatic carbocycles. The molecule has 6 heteroatoms. The van der Waals surface area contributed by atoms with Gasteiger partial charge in [0.05, 0.1) is 0 Å². The normalized spacial score (nSPS) is 18.1. The summed E-state index contributed by atoms with van der Waals surface area (Å²) < 4.78 is 0. The van der Waals surface area contributed by atoms with Crippen LogP contribution in [0.25, 0.3) is 0 Å². The number of benzene rings is 2. The number of nitrogens with zero attached hydrogens (tertiary/aromatic N) is 2. The zero-order chi connectivity index (χ0) is 20.4. The van der Waals surface area contributed by atoms with E-state index in [0.717, 1.165) is 43.2 Å². The maximum absolute atomic E-state index is 13.3. The molecule has 0 radical (unpaired) electrons. The minimum atomic E-state index is -0.610. The average molecular weight is 410 g/mol. The summed E-state index contributed by atoms with van der Waals surface area (Å²) in [7, 11) is 0. The molecule has 5 nitrogen and oxygen atoms in total. The van der Waals surface area contributed by atoms with Crippen molar-refractivity contribution in [1.29, 1.82) is 0 Å². The summed E-state index contributed by atoms with van der Waals surface area (Å²) in [6.45, 7) is 1.84. The third-order valence-corrected chi connectivity index (χ3v) is 6.22. The van der Waals surface area contributed by atoms with Crippen LogP contribution in [0.4, 0.5) is 5.69 Å². The Labute approximate surface area is 175 Å². The van der Waals surface area contributed by atoms with Gasteiger partial charge in [-0.25, -0.2) is 0 Å². The summed E-state index contributed by atoms with van der Waals surface area (Å²) in [5.74, 6) is -0.408. The Morgan fingerprint density at radius 3 is 2.55 bits per heavy atom. The van der Waals surface area contributed by atoms with Gasteiger partial charge in [-0.05, 0) is 50.3 Å². The van der Waals surface area contributed by atoms with Gasteiger partial charge in [-0.1, -0.05) is 54.4 Å². The lowest BCUT2D eigenvalue weighted by molar-refractivity contribution is -0.134. The first kappa shape index (κ1) is 19.6. The molecule has 2 aromatic rings. The van der Waals surface area contributed by atoms with Crippen LogP contribution in [0, 0.1) is 6.92 Å². The summed E-state index contributed by atoms with van der Waals surface area (Å²) in [5.41, 5.74) is 2.12. The minimum absolute atomic E-state index is 0.0232. The van der Waals surface area contributed by atoms with Crippen LogP contribution >= 0.6 is 11.6 Å². The molecule has 1 N–H and O–H groups in total. The fourth-order valence-electron chi connectivity index (χ4n) is 4.21. The Balaban J connectivity index is 1.59. The van der Waals surface area contributed by atoms with E-state index in [2.05, 4.69) is 5.32 Å². The van der Waals surface area contributed by atoms with E-state index >= 15 is 0 Å². The van der Waals surface area contributed by atoms with E-state index < -0.39 is 5.66 Å². The standard InChI is InChI=1S/C23H24ClN3O2/c1-16-18(24)11-8-12-19(16)25-20(28)15-27-22(29)21(17-9-4-2-5-10-17)26-23(27)13-6-3-7-14-23/h2,4-5,8-12H,3,6-7,13-15H2,1H3,(H,25,28). The molecular weight excluding hydrogens is 386 g/mol. The van der Waals surface area contributed by atoms with Gasteiger partial charge < -0.3 is 10.2 Å². The minimum Gasteiger partial charge on any atom is -0.324 e. The predicted octanol–water partition coefficient (Wildman–Crippen LogP) is 4.58. The van der Waals surface area contributed by atoms with Crippen molar-refractivity contribution in [3.8, 4) is 0 Å². The Kier molecular flexibility index (Phi) is 5.41. The molecule has 1 aliphatic carbocycles. The van der Waals surface area contributed by atoms with E-state index in [9.17, 15) is 9.59 Å². The highest BCUT2D eigenvalue weighted by Crippen LogP contribution is 2.39. The van der Waals surface area contributed by atoms with Gasteiger partial charge in [-0.2, -0.15) is 0 Å². The van der Waals surface area contributed by atoms with Crippen molar-refractivity contribution < 1.29 is 9.59 Å². The largest absolute Gasteiger partial charge is 0.324 e. The summed E-state index contributed by atoms with van der Waals surface area (Å²) in [6.07, 6.45) is 4.72. The highest BCUT2D eigenvalue weighted by atomic mass is 35.5. The number of aliphatic imine (C=N–C) groups is 1. The quantitative estimate of drug-likeness (QED) is 0.803. The SMILES string of the molecule is Cc1c(Cl)cccc1NC(=O)CN1C(=O)C(c2ccccc2)=NC12CCCCC2. The van der Waals surface area contributed by atoms with E-state index in [1.807, 2.05) is 43.3 Å². The number of anilines is 1. The molecule has 0 saturated heterocycles. The van der Waals surface area contributed by atoms with E-state index in [0.29, 0.717) is 16.4 Å². The van der Waals surface area contributed by atoms with Crippen molar-refractivity contribution >= 4 is 34.8 Å². The van der Waals surface area contributed by atoms with Crippen molar-refractivity contribution in [2.45, 2.75) is 44.7 Å². The lowest BCUT2D eigenvalue weighted by Gasteiger charge is -2.38. The van der Waals surface area contributed by atoms with Gasteiger partial charge in [-0.3, -0.25) is 14.6 Å². The molecule has 2 amide bonds. The van der Waals surface area contributed by atoms with Crippen LogP contribution in [0.3, 0.4) is 0 Å². The molecule has 1 saturated carbocycles. The monoisotopic (exact) mass is 409 g/mol. The highest BCUT2D eigenvalue weighted by Gasteiger charge is 2.48. The Morgan fingerprint density at radius 2 is 1.83 bits per heavy atom. The van der Waals surface area contributed by atoms with Crippen molar-refractivity contribution in [2.75, 3.05) is 11.9 Å². The topological polar surface area (TPSA) is 61.8 Å². The van der Waals surface area contributed by atoms with Crippen molar-refractivity contribution in [2.24, 2.45) is 4.99 Å². The van der Waals surface area contributed by atoms with E-state index in [4.69, 9.17) is 16.6 Å². The Morgan fingerprint density at radius 1 is 1.10 bits per heavy atom. The summed E-state index contributed by atoms with van der Waals surface area (Å²) >= 11 is 6.16. The van der Waals surface area contributed by atoms with Crippen LogP contribution in [0.1, 0.15) is 43.2 Å². The third-order valence-electron chi connectivity index (χ3n) is 5.82. The molecule has 0 atom stereocenters. The molecule has 0 unspecified atom stereocenters. The maximum atomic E-state index is 13.3. The second-order valence-electron chi connectivity index (χ2n) is 7.72. The van der Waals surface area contributed by atoms with Crippen molar-refractivity contribution in [1.82, 2.24) is 4.90 Å². The number of hydrogen-bond donors (Lipinski definition) is 1. The van der Waals surface area contributed by atoms with Gasteiger partial charge in [-0.15, -0.1) is 0 Å². The summed E-state index contributed by atoms with van der Waals surface area (Å²) in [6, 6.07) is 14.9. The Bertz CT molecular complexity index is 965. The number of carbonyl (C=O) groups excluding carboxylic acids is 2. The lowest BCUT2D eigenvalue weighted by Crippen LogP contribution is -2.51. The molecular formula is C23H24ClN3O2. The molecule has 2 aliphatic rings. The van der Waals surface area contributed by atoms with E-state index in [-0.39, 0.29) is 18.4 Å². The number of rotatable bonds is 4. The lowest BCUT2D eigenvalue weighted by atomic mass is 9.88. The number of nitrogens with one attached hydrogen (secondary N) is 1. The predicted molar refractivity (Wildman–Crippen MR) is 115 cm³/mol. The first-order valence-electron chi connectivity index (χ1n) is 10.0. The summed E-state index contributed by atoms with van der Waals surface area (Å²) in [5, 5.41) is 3.50. The van der Waals surface area contributed by atoms with Crippen LogP contribution < -0.4 is 5.32 Å². The van der Waals surface area contributed by atoms with Gasteiger partial charge in [0, 0.05) is 16.3 Å². The van der Waals surface area contributed by atoms with Gasteiger partial charge in [0.2, 0.25) is 5.91 Å². The second-order valence-corrected chi connectivity index (χ2v) is 8.13. The highest BCUT2D eigenvalue weighted by molar-refractivity contribution is 6.47. The molecule has 29 heavy (non-hydrogen) atoms. The molecule has 1 fully saturated rings. The number of amides is 2. The fourth-order valence-corrected chi connectivity index (χ4v) is 4.39. The van der Waals surface area contributed by atoms with Crippen LogP contribution in [0.15, 0.2) is 53.5 Å². The maximum Gasteiger partial charge on any atom is 0.275 e. The van der Waals surface area contributed by atoms with Crippen LogP contribution in [-0.2, 0) is 9.59 Å². The van der Waals surface area contributed by atoms with Crippen molar-refractivity contribution in [3.63, 3.8) is 0 Å². The van der Waals surface area contributed by atoms with Gasteiger partial charge in [0.25, 0.3) is 5.91 Å². The second kappa shape index (κ2) is 7.99. The number of halogens is 1. The third kappa shape index (κ3) is 3.79. The number of hydrogen-bond acceptors (Lipinski definition) is 3. The van der Waals surface area contributed by atoms with Gasteiger partial charge in [0.15, 0.2) is 0 Å². The van der Waals surface area contributed by atoms with E-state index in [1.165, 1.54) is 0 Å². The van der Waals surface area contributed by atoms with Gasteiger partial charge in [0.1, 0.15) is 17.9 Å². The van der Waals surface area contributed by atoms with E-state index in [1.54, 1.807) is 17.0 Å². The molecule has 150 valence electrons. The van der Waals surface area contributed by atoms with Crippen LogP contribution in [-0.4, -0.2) is 34.6 Å². The first-order valence-corrected chi connectivity index (χ1v) is 10.4. The zero-order valence-corrected chi connectivity index (χ0v) is 17.2. The number of carbonyl (C=O) groups is 2. The first-order chi connectivity index (χ1) is 14.0.